The second-order valence-corrected chi connectivity index (χ2v) is 7.22. The van der Waals surface area contributed by atoms with Gasteiger partial charge in [-0.25, -0.2) is 4.79 Å². The summed E-state index contributed by atoms with van der Waals surface area (Å²) in [7, 11) is 0. The average molecular weight is 303 g/mol. The Kier molecular flexibility index (Phi) is 3.89. The molecule has 0 aromatic heterocycles. The molecule has 4 nitrogen and oxygen atoms in total. The minimum atomic E-state index is -0.444. The lowest BCUT2D eigenvalue weighted by Crippen LogP contribution is -2.49. The highest BCUT2D eigenvalue weighted by Gasteiger charge is 2.42. The molecule has 0 bridgehead atoms. The summed E-state index contributed by atoms with van der Waals surface area (Å²) in [5.74, 6) is 0. The van der Waals surface area contributed by atoms with Gasteiger partial charge < -0.3 is 14.4 Å². The summed E-state index contributed by atoms with van der Waals surface area (Å²) in [5, 5.41) is 0. The molecule has 1 amide bonds. The first kappa shape index (κ1) is 15.3. The van der Waals surface area contributed by atoms with Crippen molar-refractivity contribution in [2.75, 3.05) is 19.7 Å². The van der Waals surface area contributed by atoms with Crippen LogP contribution in [0.15, 0.2) is 24.3 Å². The van der Waals surface area contributed by atoms with Crippen molar-refractivity contribution in [1.29, 1.82) is 0 Å². The van der Waals surface area contributed by atoms with Crippen LogP contribution in [0.2, 0.25) is 0 Å². The van der Waals surface area contributed by atoms with Gasteiger partial charge in [-0.1, -0.05) is 24.3 Å². The molecule has 0 unspecified atom stereocenters. The Bertz CT molecular complexity index is 554. The number of ether oxygens (including phenoxy) is 2. The Balaban J connectivity index is 1.71. The number of nitrogens with zero attached hydrogens (tertiary/aromatic N) is 1. The van der Waals surface area contributed by atoms with Crippen LogP contribution in [-0.2, 0) is 21.5 Å². The van der Waals surface area contributed by atoms with E-state index in [1.165, 1.54) is 11.1 Å². The van der Waals surface area contributed by atoms with Gasteiger partial charge in [0.05, 0.1) is 12.2 Å². The molecule has 1 spiro atoms. The number of amides is 1. The van der Waals surface area contributed by atoms with Crippen LogP contribution in [0.5, 0.6) is 0 Å². The summed E-state index contributed by atoms with van der Waals surface area (Å²) >= 11 is 0. The molecule has 1 fully saturated rings. The summed E-state index contributed by atoms with van der Waals surface area (Å²) in [4.78, 5) is 14.0. The van der Waals surface area contributed by atoms with E-state index in [1.54, 1.807) is 4.90 Å². The maximum Gasteiger partial charge on any atom is 0.410 e. The van der Waals surface area contributed by atoms with Gasteiger partial charge in [0.25, 0.3) is 0 Å². The van der Waals surface area contributed by atoms with Crippen LogP contribution in [0.1, 0.15) is 44.7 Å². The normalized spacial score (nSPS) is 20.6. The fourth-order valence-corrected chi connectivity index (χ4v) is 3.41. The Labute approximate surface area is 132 Å². The van der Waals surface area contributed by atoms with E-state index in [1.807, 2.05) is 20.8 Å². The second kappa shape index (κ2) is 5.58. The highest BCUT2D eigenvalue weighted by Crippen LogP contribution is 2.41. The highest BCUT2D eigenvalue weighted by atomic mass is 16.6. The predicted molar refractivity (Wildman–Crippen MR) is 84.8 cm³/mol. The number of benzene rings is 1. The first-order chi connectivity index (χ1) is 10.4. The van der Waals surface area contributed by atoms with Gasteiger partial charge in [0.2, 0.25) is 0 Å². The lowest BCUT2D eigenvalue weighted by atomic mass is 9.79. The number of carbonyl (C=O) groups is 1. The highest BCUT2D eigenvalue weighted by molar-refractivity contribution is 5.68. The zero-order valence-electron chi connectivity index (χ0n) is 13.7. The number of fused-ring (bicyclic) bond motifs is 2. The van der Waals surface area contributed by atoms with E-state index >= 15 is 0 Å². The lowest BCUT2D eigenvalue weighted by Gasteiger charge is -2.45. The number of piperidine rings is 1. The maximum atomic E-state index is 12.2. The quantitative estimate of drug-likeness (QED) is 0.736. The lowest BCUT2D eigenvalue weighted by molar-refractivity contribution is -0.0977. The van der Waals surface area contributed by atoms with Gasteiger partial charge in [-0.2, -0.15) is 0 Å². The first-order valence-electron chi connectivity index (χ1n) is 8.10. The van der Waals surface area contributed by atoms with Gasteiger partial charge in [0.1, 0.15) is 5.60 Å². The molecule has 0 saturated carbocycles. The number of hydrogen-bond donors (Lipinski definition) is 0. The van der Waals surface area contributed by atoms with Crippen LogP contribution in [0, 0.1) is 0 Å². The van der Waals surface area contributed by atoms with Crippen LogP contribution >= 0.6 is 0 Å². The molecule has 0 aliphatic carbocycles. The van der Waals surface area contributed by atoms with E-state index < -0.39 is 5.60 Å². The second-order valence-electron chi connectivity index (χ2n) is 7.22. The fraction of sp³-hybridized carbons (Fsp3) is 0.611. The van der Waals surface area contributed by atoms with E-state index in [0.717, 1.165) is 25.9 Å². The van der Waals surface area contributed by atoms with Crippen molar-refractivity contribution in [3.8, 4) is 0 Å². The van der Waals surface area contributed by atoms with E-state index in [-0.39, 0.29) is 11.7 Å². The van der Waals surface area contributed by atoms with Crippen molar-refractivity contribution < 1.29 is 14.3 Å². The summed E-state index contributed by atoms with van der Waals surface area (Å²) in [6, 6.07) is 8.54. The first-order valence-corrected chi connectivity index (χ1v) is 8.10. The molecule has 1 saturated heterocycles. The van der Waals surface area contributed by atoms with Crippen molar-refractivity contribution >= 4 is 6.09 Å². The third-order valence-corrected chi connectivity index (χ3v) is 4.48. The fourth-order valence-electron chi connectivity index (χ4n) is 3.41. The van der Waals surface area contributed by atoms with Crippen LogP contribution in [-0.4, -0.2) is 36.3 Å². The van der Waals surface area contributed by atoms with Crippen molar-refractivity contribution in [3.05, 3.63) is 35.4 Å². The van der Waals surface area contributed by atoms with Crippen LogP contribution < -0.4 is 0 Å². The van der Waals surface area contributed by atoms with Gasteiger partial charge in [-0.05, 0) is 51.2 Å². The maximum absolute atomic E-state index is 12.2. The van der Waals surface area contributed by atoms with Crippen molar-refractivity contribution in [1.82, 2.24) is 4.90 Å². The number of likely N-dealkylation sites (tertiary alicyclic amines) is 1. The molecule has 1 aromatic rings. The van der Waals surface area contributed by atoms with Crippen molar-refractivity contribution in [3.63, 3.8) is 0 Å². The summed E-state index contributed by atoms with van der Waals surface area (Å²) < 4.78 is 11.7. The SMILES string of the molecule is CC(C)(C)OC(=O)N1CCC2(CC1)OCCc1ccccc12. The molecule has 0 atom stereocenters. The summed E-state index contributed by atoms with van der Waals surface area (Å²) in [6.45, 7) is 7.83. The van der Waals surface area contributed by atoms with Crippen LogP contribution in [0.4, 0.5) is 4.79 Å². The molecule has 22 heavy (non-hydrogen) atoms. The van der Waals surface area contributed by atoms with Gasteiger partial charge in [0.15, 0.2) is 0 Å². The van der Waals surface area contributed by atoms with Gasteiger partial charge in [-0.3, -0.25) is 0 Å². The number of carbonyl (C=O) groups excluding carboxylic acids is 1. The standard InChI is InChI=1S/C18H25NO3/c1-17(2,3)22-16(20)19-11-9-18(10-12-19)15-7-5-4-6-14(15)8-13-21-18/h4-7H,8-13H2,1-3H3. The molecule has 3 rings (SSSR count). The Hall–Kier alpha value is -1.55. The summed E-state index contributed by atoms with van der Waals surface area (Å²) in [5.41, 5.74) is 2.04. The minimum Gasteiger partial charge on any atom is -0.444 e. The number of rotatable bonds is 0. The largest absolute Gasteiger partial charge is 0.444 e. The molecule has 120 valence electrons. The smallest absolute Gasteiger partial charge is 0.410 e. The monoisotopic (exact) mass is 303 g/mol. The third-order valence-electron chi connectivity index (χ3n) is 4.48. The molecule has 2 aliphatic heterocycles. The Morgan fingerprint density at radius 1 is 1.23 bits per heavy atom. The van der Waals surface area contributed by atoms with Gasteiger partial charge in [0, 0.05) is 13.1 Å². The molecule has 0 radical (unpaired) electrons. The Morgan fingerprint density at radius 3 is 2.59 bits per heavy atom. The van der Waals surface area contributed by atoms with E-state index in [4.69, 9.17) is 9.47 Å². The molecular weight excluding hydrogens is 278 g/mol. The molecule has 2 heterocycles. The summed E-state index contributed by atoms with van der Waals surface area (Å²) in [6.07, 6.45) is 2.44. The number of hydrogen-bond acceptors (Lipinski definition) is 3. The van der Waals surface area contributed by atoms with Crippen LogP contribution in [0.3, 0.4) is 0 Å². The van der Waals surface area contributed by atoms with Crippen molar-refractivity contribution in [2.24, 2.45) is 0 Å². The topological polar surface area (TPSA) is 38.8 Å². The van der Waals surface area contributed by atoms with E-state index in [9.17, 15) is 4.79 Å². The molecule has 0 N–H and O–H groups in total. The minimum absolute atomic E-state index is 0.215. The van der Waals surface area contributed by atoms with E-state index in [0.29, 0.717) is 13.1 Å². The zero-order chi connectivity index (χ0) is 15.8. The Morgan fingerprint density at radius 2 is 1.91 bits per heavy atom. The third kappa shape index (κ3) is 2.98. The van der Waals surface area contributed by atoms with Gasteiger partial charge >= 0.3 is 6.09 Å². The molecule has 4 heteroatoms. The molecule has 1 aromatic carbocycles. The molecular formula is C18H25NO3. The van der Waals surface area contributed by atoms with Crippen LogP contribution in [0.25, 0.3) is 0 Å². The van der Waals surface area contributed by atoms with Crippen molar-refractivity contribution in [2.45, 2.75) is 51.2 Å². The predicted octanol–water partition coefficient (Wildman–Crippen LogP) is 3.49. The zero-order valence-corrected chi connectivity index (χ0v) is 13.7. The average Bonchev–Trinajstić information content (AvgIpc) is 2.47. The molecule has 2 aliphatic rings. The van der Waals surface area contributed by atoms with Gasteiger partial charge in [-0.15, -0.1) is 0 Å². The van der Waals surface area contributed by atoms with E-state index in [2.05, 4.69) is 24.3 Å².